The van der Waals surface area contributed by atoms with Gasteiger partial charge in [0.15, 0.2) is 0 Å². The fraction of sp³-hybridized carbons (Fsp3) is 1.00. The van der Waals surface area contributed by atoms with Crippen LogP contribution in [0, 0.1) is 17.8 Å². The Labute approximate surface area is 89.2 Å². The summed E-state index contributed by atoms with van der Waals surface area (Å²) in [6.45, 7) is 10.2. The van der Waals surface area contributed by atoms with Gasteiger partial charge in [0.05, 0.1) is 6.10 Å². The minimum Gasteiger partial charge on any atom is -0.378 e. The molecular weight excluding hydrogens is 172 g/mol. The summed E-state index contributed by atoms with van der Waals surface area (Å²) in [5.41, 5.74) is 0. The van der Waals surface area contributed by atoms with E-state index < -0.39 is 0 Å². The van der Waals surface area contributed by atoms with E-state index in [-0.39, 0.29) is 0 Å². The zero-order valence-electron chi connectivity index (χ0n) is 10.3. The molecule has 0 amide bonds. The molecule has 1 heteroatoms. The first-order valence-electron chi connectivity index (χ1n) is 6.26. The van der Waals surface area contributed by atoms with Crippen LogP contribution in [0.15, 0.2) is 0 Å². The highest BCUT2D eigenvalue weighted by molar-refractivity contribution is 4.81. The second-order valence-corrected chi connectivity index (χ2v) is 5.24. The monoisotopic (exact) mass is 198 g/mol. The van der Waals surface area contributed by atoms with Gasteiger partial charge in [0.25, 0.3) is 0 Å². The van der Waals surface area contributed by atoms with E-state index in [0.29, 0.717) is 6.10 Å². The van der Waals surface area contributed by atoms with E-state index in [1.54, 1.807) is 0 Å². The molecule has 0 aliphatic heterocycles. The standard InChI is InChI=1S/C13H26O/c1-5-8-14-13-9-11(4)6-7-12(13)10(2)3/h10-13H,5-9H2,1-4H3/t11-,12+,13-/m1/s1. The molecule has 0 aromatic carbocycles. The van der Waals surface area contributed by atoms with Crippen LogP contribution in [0.5, 0.6) is 0 Å². The first-order valence-corrected chi connectivity index (χ1v) is 6.26. The molecular formula is C13H26O. The normalized spacial score (nSPS) is 33.6. The fourth-order valence-corrected chi connectivity index (χ4v) is 2.58. The van der Waals surface area contributed by atoms with Crippen molar-refractivity contribution >= 4 is 0 Å². The van der Waals surface area contributed by atoms with Gasteiger partial charge in [-0.15, -0.1) is 0 Å². The van der Waals surface area contributed by atoms with Crippen molar-refractivity contribution in [2.75, 3.05) is 6.61 Å². The van der Waals surface area contributed by atoms with Gasteiger partial charge in [-0.3, -0.25) is 0 Å². The molecule has 0 bridgehead atoms. The average molecular weight is 198 g/mol. The van der Waals surface area contributed by atoms with E-state index in [0.717, 1.165) is 30.8 Å². The Kier molecular flexibility index (Phi) is 4.94. The highest BCUT2D eigenvalue weighted by Gasteiger charge is 2.30. The van der Waals surface area contributed by atoms with E-state index in [1.165, 1.54) is 19.3 Å². The van der Waals surface area contributed by atoms with Gasteiger partial charge in [-0.25, -0.2) is 0 Å². The Morgan fingerprint density at radius 2 is 2.00 bits per heavy atom. The van der Waals surface area contributed by atoms with Crippen LogP contribution in [0.4, 0.5) is 0 Å². The molecule has 1 saturated carbocycles. The predicted molar refractivity (Wildman–Crippen MR) is 61.4 cm³/mol. The SMILES string of the molecule is CCCO[C@@H]1C[C@H](C)CC[C@H]1C(C)C. The summed E-state index contributed by atoms with van der Waals surface area (Å²) >= 11 is 0. The highest BCUT2D eigenvalue weighted by atomic mass is 16.5. The third-order valence-electron chi connectivity index (χ3n) is 3.50. The summed E-state index contributed by atoms with van der Waals surface area (Å²) in [7, 11) is 0. The molecule has 0 saturated heterocycles. The van der Waals surface area contributed by atoms with Crippen molar-refractivity contribution in [2.24, 2.45) is 17.8 Å². The van der Waals surface area contributed by atoms with Gasteiger partial charge in [-0.1, -0.05) is 34.1 Å². The van der Waals surface area contributed by atoms with E-state index >= 15 is 0 Å². The van der Waals surface area contributed by atoms with Crippen LogP contribution in [-0.4, -0.2) is 12.7 Å². The molecule has 0 spiro atoms. The minimum absolute atomic E-state index is 0.540. The van der Waals surface area contributed by atoms with Gasteiger partial charge in [-0.2, -0.15) is 0 Å². The third kappa shape index (κ3) is 3.27. The molecule has 0 aromatic heterocycles. The first kappa shape index (κ1) is 12.0. The Morgan fingerprint density at radius 3 is 2.57 bits per heavy atom. The number of rotatable bonds is 4. The quantitative estimate of drug-likeness (QED) is 0.666. The Morgan fingerprint density at radius 1 is 1.29 bits per heavy atom. The number of hydrogen-bond donors (Lipinski definition) is 0. The topological polar surface area (TPSA) is 9.23 Å². The lowest BCUT2D eigenvalue weighted by Crippen LogP contribution is -2.34. The van der Waals surface area contributed by atoms with Crippen molar-refractivity contribution in [3.05, 3.63) is 0 Å². The number of hydrogen-bond acceptors (Lipinski definition) is 1. The molecule has 1 nitrogen and oxygen atoms in total. The van der Waals surface area contributed by atoms with Gasteiger partial charge in [-0.05, 0) is 37.0 Å². The van der Waals surface area contributed by atoms with E-state index in [9.17, 15) is 0 Å². The van der Waals surface area contributed by atoms with Gasteiger partial charge >= 0.3 is 0 Å². The Bertz CT molecular complexity index is 153. The van der Waals surface area contributed by atoms with Crippen LogP contribution < -0.4 is 0 Å². The maximum Gasteiger partial charge on any atom is 0.0608 e. The predicted octanol–water partition coefficient (Wildman–Crippen LogP) is 3.87. The highest BCUT2D eigenvalue weighted by Crippen LogP contribution is 2.35. The summed E-state index contributed by atoms with van der Waals surface area (Å²) in [6.07, 6.45) is 5.74. The molecule has 14 heavy (non-hydrogen) atoms. The van der Waals surface area contributed by atoms with Crippen molar-refractivity contribution in [3.8, 4) is 0 Å². The fourth-order valence-electron chi connectivity index (χ4n) is 2.58. The van der Waals surface area contributed by atoms with Crippen molar-refractivity contribution in [1.82, 2.24) is 0 Å². The summed E-state index contributed by atoms with van der Waals surface area (Å²) in [5, 5.41) is 0. The molecule has 0 N–H and O–H groups in total. The molecule has 0 radical (unpaired) electrons. The molecule has 1 rings (SSSR count). The van der Waals surface area contributed by atoms with Gasteiger partial charge in [0.2, 0.25) is 0 Å². The molecule has 1 aliphatic rings. The summed E-state index contributed by atoms with van der Waals surface area (Å²) in [5.74, 6) is 2.45. The Balaban J connectivity index is 2.45. The lowest BCUT2D eigenvalue weighted by Gasteiger charge is -2.37. The van der Waals surface area contributed by atoms with E-state index in [4.69, 9.17) is 4.74 Å². The van der Waals surface area contributed by atoms with Gasteiger partial charge in [0, 0.05) is 6.61 Å². The molecule has 3 atom stereocenters. The van der Waals surface area contributed by atoms with Gasteiger partial charge in [0.1, 0.15) is 0 Å². The van der Waals surface area contributed by atoms with Crippen LogP contribution in [-0.2, 0) is 4.74 Å². The van der Waals surface area contributed by atoms with Crippen LogP contribution in [0.1, 0.15) is 53.4 Å². The van der Waals surface area contributed by atoms with Crippen molar-refractivity contribution in [2.45, 2.75) is 59.5 Å². The van der Waals surface area contributed by atoms with Crippen LogP contribution in [0.3, 0.4) is 0 Å². The van der Waals surface area contributed by atoms with Crippen LogP contribution >= 0.6 is 0 Å². The van der Waals surface area contributed by atoms with Crippen LogP contribution in [0.25, 0.3) is 0 Å². The summed E-state index contributed by atoms with van der Waals surface area (Å²) < 4.78 is 5.98. The maximum atomic E-state index is 5.98. The zero-order chi connectivity index (χ0) is 10.6. The molecule has 0 aromatic rings. The molecule has 1 aliphatic carbocycles. The number of ether oxygens (including phenoxy) is 1. The third-order valence-corrected chi connectivity index (χ3v) is 3.50. The molecule has 0 heterocycles. The van der Waals surface area contributed by atoms with E-state index in [2.05, 4.69) is 27.7 Å². The molecule has 1 fully saturated rings. The summed E-state index contributed by atoms with van der Waals surface area (Å²) in [4.78, 5) is 0. The molecule has 84 valence electrons. The second kappa shape index (κ2) is 5.75. The Hall–Kier alpha value is -0.0400. The van der Waals surface area contributed by atoms with Crippen molar-refractivity contribution < 1.29 is 4.74 Å². The lowest BCUT2D eigenvalue weighted by atomic mass is 9.75. The summed E-state index contributed by atoms with van der Waals surface area (Å²) in [6, 6.07) is 0. The maximum absolute atomic E-state index is 5.98. The van der Waals surface area contributed by atoms with Crippen molar-refractivity contribution in [3.63, 3.8) is 0 Å². The molecule has 0 unspecified atom stereocenters. The average Bonchev–Trinajstić information content (AvgIpc) is 2.14. The minimum atomic E-state index is 0.540. The van der Waals surface area contributed by atoms with E-state index in [1.807, 2.05) is 0 Å². The van der Waals surface area contributed by atoms with Gasteiger partial charge < -0.3 is 4.74 Å². The van der Waals surface area contributed by atoms with Crippen LogP contribution in [0.2, 0.25) is 0 Å². The van der Waals surface area contributed by atoms with Crippen molar-refractivity contribution in [1.29, 1.82) is 0 Å². The first-order chi connectivity index (χ1) is 6.65. The second-order valence-electron chi connectivity index (χ2n) is 5.24. The lowest BCUT2D eigenvalue weighted by molar-refractivity contribution is -0.0379. The zero-order valence-corrected chi connectivity index (χ0v) is 10.3. The smallest absolute Gasteiger partial charge is 0.0608 e. The largest absolute Gasteiger partial charge is 0.378 e.